The van der Waals surface area contributed by atoms with E-state index in [1.807, 2.05) is 18.2 Å². The summed E-state index contributed by atoms with van der Waals surface area (Å²) in [6, 6.07) is 14.5. The SMILES string of the molecule is CCN(CC)c1ccc(Nc2cnnc(Nc3c(C)cccc3C)n2)cc1. The third-order valence-electron chi connectivity index (χ3n) is 4.55. The van der Waals surface area contributed by atoms with E-state index in [0.29, 0.717) is 11.8 Å². The molecule has 0 radical (unpaired) electrons. The highest BCUT2D eigenvalue weighted by molar-refractivity contribution is 5.64. The Morgan fingerprint density at radius 3 is 2.19 bits per heavy atom. The van der Waals surface area contributed by atoms with Crippen molar-refractivity contribution in [2.24, 2.45) is 0 Å². The van der Waals surface area contributed by atoms with Crippen molar-refractivity contribution in [3.05, 3.63) is 59.8 Å². The van der Waals surface area contributed by atoms with Gasteiger partial charge in [-0.1, -0.05) is 18.2 Å². The summed E-state index contributed by atoms with van der Waals surface area (Å²) in [7, 11) is 0. The first-order valence-electron chi connectivity index (χ1n) is 9.25. The molecule has 1 aromatic heterocycles. The van der Waals surface area contributed by atoms with Crippen LogP contribution in [0.2, 0.25) is 0 Å². The normalized spacial score (nSPS) is 10.5. The molecule has 0 bridgehead atoms. The molecule has 140 valence electrons. The van der Waals surface area contributed by atoms with Gasteiger partial charge < -0.3 is 15.5 Å². The molecule has 0 amide bonds. The molecule has 2 aromatic carbocycles. The topological polar surface area (TPSA) is 66.0 Å². The first-order chi connectivity index (χ1) is 13.1. The van der Waals surface area contributed by atoms with Gasteiger partial charge in [0.05, 0.1) is 6.20 Å². The average Bonchev–Trinajstić information content (AvgIpc) is 2.67. The monoisotopic (exact) mass is 362 g/mol. The van der Waals surface area contributed by atoms with Crippen LogP contribution in [0.1, 0.15) is 25.0 Å². The van der Waals surface area contributed by atoms with Crippen LogP contribution in [0.15, 0.2) is 48.7 Å². The van der Waals surface area contributed by atoms with Crippen LogP contribution in [-0.4, -0.2) is 28.3 Å². The fourth-order valence-electron chi connectivity index (χ4n) is 3.03. The zero-order valence-corrected chi connectivity index (χ0v) is 16.3. The molecule has 0 aliphatic heterocycles. The second-order valence-corrected chi connectivity index (χ2v) is 6.40. The van der Waals surface area contributed by atoms with Crippen LogP contribution in [-0.2, 0) is 0 Å². The summed E-state index contributed by atoms with van der Waals surface area (Å²) in [5.41, 5.74) is 5.47. The predicted octanol–water partition coefficient (Wildman–Crippen LogP) is 4.82. The van der Waals surface area contributed by atoms with E-state index >= 15 is 0 Å². The van der Waals surface area contributed by atoms with Gasteiger partial charge in [0.1, 0.15) is 0 Å². The van der Waals surface area contributed by atoms with Gasteiger partial charge in [-0.2, -0.15) is 10.1 Å². The fraction of sp³-hybridized carbons (Fsp3) is 0.286. The number of aryl methyl sites for hydroxylation is 2. The third-order valence-corrected chi connectivity index (χ3v) is 4.55. The number of nitrogens with one attached hydrogen (secondary N) is 2. The highest BCUT2D eigenvalue weighted by Crippen LogP contribution is 2.24. The van der Waals surface area contributed by atoms with E-state index in [-0.39, 0.29) is 0 Å². The van der Waals surface area contributed by atoms with Crippen molar-refractivity contribution >= 4 is 28.8 Å². The lowest BCUT2D eigenvalue weighted by Gasteiger charge is -2.21. The van der Waals surface area contributed by atoms with Crippen LogP contribution in [0.25, 0.3) is 0 Å². The summed E-state index contributed by atoms with van der Waals surface area (Å²) in [6.45, 7) is 10.4. The van der Waals surface area contributed by atoms with Gasteiger partial charge in [0.15, 0.2) is 5.82 Å². The number of hydrogen-bond donors (Lipinski definition) is 2. The van der Waals surface area contributed by atoms with Gasteiger partial charge in [-0.05, 0) is 63.1 Å². The molecule has 2 N–H and O–H groups in total. The first kappa shape index (κ1) is 18.6. The molecule has 0 saturated heterocycles. The highest BCUT2D eigenvalue weighted by Gasteiger charge is 2.07. The van der Waals surface area contributed by atoms with E-state index in [4.69, 9.17) is 0 Å². The number of rotatable bonds is 7. The standard InChI is InChI=1S/C21H26N6/c1-5-27(6-2)18-12-10-17(11-13-18)23-19-14-22-26-21(24-19)25-20-15(3)8-7-9-16(20)4/h7-14H,5-6H2,1-4H3,(H2,23,24,25,26). The van der Waals surface area contributed by atoms with E-state index in [9.17, 15) is 0 Å². The Morgan fingerprint density at radius 2 is 1.56 bits per heavy atom. The Balaban J connectivity index is 1.74. The third kappa shape index (κ3) is 4.53. The molecule has 3 rings (SSSR count). The predicted molar refractivity (Wildman–Crippen MR) is 112 cm³/mol. The minimum absolute atomic E-state index is 0.470. The molecular formula is C21H26N6. The molecule has 3 aromatic rings. The largest absolute Gasteiger partial charge is 0.372 e. The lowest BCUT2D eigenvalue weighted by Crippen LogP contribution is -2.21. The van der Waals surface area contributed by atoms with Crippen molar-refractivity contribution < 1.29 is 0 Å². The summed E-state index contributed by atoms with van der Waals surface area (Å²) >= 11 is 0. The maximum Gasteiger partial charge on any atom is 0.249 e. The molecule has 6 heteroatoms. The molecule has 0 aliphatic rings. The van der Waals surface area contributed by atoms with Gasteiger partial charge in [0.2, 0.25) is 5.95 Å². The van der Waals surface area contributed by atoms with Crippen molar-refractivity contribution in [2.75, 3.05) is 28.6 Å². The highest BCUT2D eigenvalue weighted by atomic mass is 15.3. The van der Waals surface area contributed by atoms with Gasteiger partial charge in [-0.25, -0.2) is 0 Å². The van der Waals surface area contributed by atoms with Crippen molar-refractivity contribution in [3.63, 3.8) is 0 Å². The number of benzene rings is 2. The molecule has 0 saturated carbocycles. The molecule has 0 atom stereocenters. The van der Waals surface area contributed by atoms with Crippen molar-refractivity contribution in [1.82, 2.24) is 15.2 Å². The van der Waals surface area contributed by atoms with Gasteiger partial charge in [0.25, 0.3) is 0 Å². The van der Waals surface area contributed by atoms with Gasteiger partial charge >= 0.3 is 0 Å². The number of aromatic nitrogens is 3. The van der Waals surface area contributed by atoms with E-state index in [1.165, 1.54) is 5.69 Å². The summed E-state index contributed by atoms with van der Waals surface area (Å²) in [5.74, 6) is 1.12. The molecule has 27 heavy (non-hydrogen) atoms. The maximum atomic E-state index is 4.53. The first-order valence-corrected chi connectivity index (χ1v) is 9.25. The summed E-state index contributed by atoms with van der Waals surface area (Å²) in [4.78, 5) is 6.84. The van der Waals surface area contributed by atoms with Crippen molar-refractivity contribution in [2.45, 2.75) is 27.7 Å². The Bertz CT molecular complexity index is 867. The molecule has 6 nitrogen and oxygen atoms in total. The number of hydrogen-bond acceptors (Lipinski definition) is 6. The summed E-state index contributed by atoms with van der Waals surface area (Å²) in [5, 5.41) is 14.7. The Labute approximate surface area is 160 Å². The number of para-hydroxylation sites is 1. The van der Waals surface area contributed by atoms with Gasteiger partial charge in [0, 0.05) is 30.2 Å². The van der Waals surface area contributed by atoms with E-state index < -0.39 is 0 Å². The Hall–Kier alpha value is -3.15. The fourth-order valence-corrected chi connectivity index (χ4v) is 3.03. The number of nitrogens with zero attached hydrogens (tertiary/aromatic N) is 4. The van der Waals surface area contributed by atoms with Gasteiger partial charge in [-0.3, -0.25) is 0 Å². The molecular weight excluding hydrogens is 336 g/mol. The van der Waals surface area contributed by atoms with E-state index in [2.05, 4.69) is 82.7 Å². The smallest absolute Gasteiger partial charge is 0.249 e. The van der Waals surface area contributed by atoms with Crippen LogP contribution in [0.3, 0.4) is 0 Å². The lowest BCUT2D eigenvalue weighted by atomic mass is 10.1. The quantitative estimate of drug-likeness (QED) is 0.628. The van der Waals surface area contributed by atoms with Crippen LogP contribution in [0.4, 0.5) is 28.8 Å². The maximum absolute atomic E-state index is 4.53. The molecule has 0 aliphatic carbocycles. The number of anilines is 5. The van der Waals surface area contributed by atoms with Gasteiger partial charge in [-0.15, -0.1) is 5.10 Å². The van der Waals surface area contributed by atoms with Crippen molar-refractivity contribution in [1.29, 1.82) is 0 Å². The van der Waals surface area contributed by atoms with Crippen LogP contribution >= 0.6 is 0 Å². The van der Waals surface area contributed by atoms with Crippen molar-refractivity contribution in [3.8, 4) is 0 Å². The molecule has 0 spiro atoms. The van der Waals surface area contributed by atoms with Crippen LogP contribution in [0, 0.1) is 13.8 Å². The molecule has 0 unspecified atom stereocenters. The van der Waals surface area contributed by atoms with E-state index in [0.717, 1.165) is 35.6 Å². The average molecular weight is 362 g/mol. The zero-order chi connectivity index (χ0) is 19.2. The van der Waals surface area contributed by atoms with Crippen LogP contribution in [0.5, 0.6) is 0 Å². The minimum Gasteiger partial charge on any atom is -0.372 e. The summed E-state index contributed by atoms with van der Waals surface area (Å²) in [6.07, 6.45) is 1.62. The summed E-state index contributed by atoms with van der Waals surface area (Å²) < 4.78 is 0. The Kier molecular flexibility index (Phi) is 5.86. The second kappa shape index (κ2) is 8.49. The minimum atomic E-state index is 0.470. The second-order valence-electron chi connectivity index (χ2n) is 6.40. The lowest BCUT2D eigenvalue weighted by molar-refractivity contribution is 0.866. The van der Waals surface area contributed by atoms with Crippen LogP contribution < -0.4 is 15.5 Å². The zero-order valence-electron chi connectivity index (χ0n) is 16.3. The molecule has 1 heterocycles. The molecule has 0 fully saturated rings. The Morgan fingerprint density at radius 1 is 0.889 bits per heavy atom. The van der Waals surface area contributed by atoms with E-state index in [1.54, 1.807) is 6.20 Å².